The second-order valence-electron chi connectivity index (χ2n) is 6.45. The molecule has 0 saturated carbocycles. The molecule has 4 heteroatoms. The molecule has 0 bridgehead atoms. The van der Waals surface area contributed by atoms with Crippen molar-refractivity contribution in [2.24, 2.45) is 5.92 Å². The second-order valence-corrected chi connectivity index (χ2v) is 6.45. The van der Waals surface area contributed by atoms with Gasteiger partial charge < -0.3 is 9.84 Å². The monoisotopic (exact) mass is 269 g/mol. The molecule has 0 unspecified atom stereocenters. The van der Waals surface area contributed by atoms with Gasteiger partial charge in [0.15, 0.2) is 0 Å². The molecule has 1 amide bonds. The van der Waals surface area contributed by atoms with Crippen LogP contribution < -0.4 is 0 Å². The van der Waals surface area contributed by atoms with Crippen LogP contribution in [0.4, 0.5) is 4.79 Å². The number of aliphatic hydroxyl groups is 1. The molecule has 110 valence electrons. The van der Waals surface area contributed by atoms with Gasteiger partial charge in [0, 0.05) is 0 Å². The molecule has 0 saturated heterocycles. The smallest absolute Gasteiger partial charge is 0.410 e. The highest BCUT2D eigenvalue weighted by atomic mass is 16.6. The number of nitrogens with zero attached hydrogens (tertiary/aromatic N) is 1. The molecule has 0 aromatic rings. The van der Waals surface area contributed by atoms with E-state index in [1.165, 1.54) is 0 Å². The van der Waals surface area contributed by atoms with Crippen molar-refractivity contribution < 1.29 is 14.6 Å². The van der Waals surface area contributed by atoms with E-state index in [2.05, 4.69) is 20.8 Å². The number of carbonyl (C=O) groups is 1. The number of β-amino-alcohol motifs (C(OH)–C–C–N with tert-alkyl or cyclic N) is 1. The van der Waals surface area contributed by atoms with Crippen LogP contribution in [-0.4, -0.2) is 40.4 Å². The first-order chi connectivity index (χ1) is 8.65. The van der Waals surface area contributed by atoms with Crippen LogP contribution in [0.2, 0.25) is 0 Å². The fourth-order valence-corrected chi connectivity index (χ4v) is 2.45. The molecule has 1 aliphatic heterocycles. The lowest BCUT2D eigenvalue weighted by Crippen LogP contribution is -2.50. The maximum absolute atomic E-state index is 12.3. The van der Waals surface area contributed by atoms with E-state index in [0.29, 0.717) is 12.5 Å². The summed E-state index contributed by atoms with van der Waals surface area (Å²) in [5.74, 6) is 0.310. The largest absolute Gasteiger partial charge is 0.444 e. The predicted octanol–water partition coefficient (Wildman–Crippen LogP) is 2.96. The summed E-state index contributed by atoms with van der Waals surface area (Å²) in [7, 11) is 0. The van der Waals surface area contributed by atoms with Crippen molar-refractivity contribution in [2.75, 3.05) is 6.54 Å². The standard InChI is InChI=1S/C15H27NO3/c1-7-13-12(10(2)3)8-11(17)9-16(13)14(18)19-15(4,5)6/h8,10-11,13,17H,7,9H2,1-6H3/t11-,13+/m0/s1. The molecule has 2 atom stereocenters. The number of aliphatic hydroxyl groups excluding tert-OH is 1. The first-order valence-electron chi connectivity index (χ1n) is 7.05. The van der Waals surface area contributed by atoms with Crippen molar-refractivity contribution in [1.82, 2.24) is 4.90 Å². The van der Waals surface area contributed by atoms with E-state index in [1.807, 2.05) is 26.8 Å². The van der Waals surface area contributed by atoms with Gasteiger partial charge in [-0.3, -0.25) is 4.90 Å². The summed E-state index contributed by atoms with van der Waals surface area (Å²) in [5.41, 5.74) is 0.603. The van der Waals surface area contributed by atoms with Gasteiger partial charge >= 0.3 is 6.09 Å². The fraction of sp³-hybridized carbons (Fsp3) is 0.800. The van der Waals surface area contributed by atoms with Crippen molar-refractivity contribution in [2.45, 2.75) is 65.7 Å². The first-order valence-corrected chi connectivity index (χ1v) is 7.05. The zero-order valence-corrected chi connectivity index (χ0v) is 12.9. The molecule has 0 fully saturated rings. The van der Waals surface area contributed by atoms with Crippen LogP contribution in [0.3, 0.4) is 0 Å². The van der Waals surface area contributed by atoms with Gasteiger partial charge in [-0.2, -0.15) is 0 Å². The lowest BCUT2D eigenvalue weighted by molar-refractivity contribution is 0.00664. The molecule has 4 nitrogen and oxygen atoms in total. The van der Waals surface area contributed by atoms with Crippen LogP contribution in [0.1, 0.15) is 48.0 Å². The first kappa shape index (κ1) is 16.0. The average molecular weight is 269 g/mol. The minimum Gasteiger partial charge on any atom is -0.444 e. The Kier molecular flexibility index (Phi) is 5.02. The number of hydrogen-bond acceptors (Lipinski definition) is 3. The molecular formula is C15H27NO3. The second kappa shape index (κ2) is 5.95. The lowest BCUT2D eigenvalue weighted by Gasteiger charge is -2.39. The van der Waals surface area contributed by atoms with Crippen LogP contribution in [-0.2, 0) is 4.74 Å². The predicted molar refractivity (Wildman–Crippen MR) is 75.9 cm³/mol. The van der Waals surface area contributed by atoms with Crippen LogP contribution in [0.5, 0.6) is 0 Å². The summed E-state index contributed by atoms with van der Waals surface area (Å²) in [6.07, 6.45) is 1.77. The van der Waals surface area contributed by atoms with Gasteiger partial charge in [0.25, 0.3) is 0 Å². The van der Waals surface area contributed by atoms with Crippen LogP contribution in [0, 0.1) is 5.92 Å². The van der Waals surface area contributed by atoms with Crippen molar-refractivity contribution in [3.8, 4) is 0 Å². The summed E-state index contributed by atoms with van der Waals surface area (Å²) in [6, 6.07) is 0.0262. The lowest BCUT2D eigenvalue weighted by atomic mass is 9.88. The van der Waals surface area contributed by atoms with E-state index in [0.717, 1.165) is 12.0 Å². The Labute approximate surface area is 116 Å². The van der Waals surface area contributed by atoms with E-state index in [-0.39, 0.29) is 12.1 Å². The minimum absolute atomic E-state index is 0.0262. The highest BCUT2D eigenvalue weighted by Crippen LogP contribution is 2.28. The summed E-state index contributed by atoms with van der Waals surface area (Å²) in [4.78, 5) is 13.9. The molecule has 19 heavy (non-hydrogen) atoms. The molecule has 1 aliphatic rings. The third kappa shape index (κ3) is 4.23. The number of amides is 1. The summed E-state index contributed by atoms with van der Waals surface area (Å²) < 4.78 is 5.43. The van der Waals surface area contributed by atoms with E-state index in [1.54, 1.807) is 4.90 Å². The normalized spacial score (nSPS) is 24.4. The third-order valence-corrected chi connectivity index (χ3v) is 3.21. The Bertz CT molecular complexity index is 355. The Hall–Kier alpha value is -1.03. The van der Waals surface area contributed by atoms with Crippen LogP contribution in [0.25, 0.3) is 0 Å². The van der Waals surface area contributed by atoms with Gasteiger partial charge in [0.1, 0.15) is 5.60 Å². The zero-order chi connectivity index (χ0) is 14.8. The topological polar surface area (TPSA) is 49.8 Å². The SMILES string of the molecule is CC[C@@H]1C(C(C)C)=C[C@H](O)CN1C(=O)OC(C)(C)C. The summed E-state index contributed by atoms with van der Waals surface area (Å²) in [5, 5.41) is 9.93. The molecule has 1 N–H and O–H groups in total. The quantitative estimate of drug-likeness (QED) is 0.784. The van der Waals surface area contributed by atoms with E-state index in [4.69, 9.17) is 4.74 Å². The van der Waals surface area contributed by atoms with Crippen LogP contribution in [0.15, 0.2) is 11.6 Å². The molecule has 0 aliphatic carbocycles. The highest BCUT2D eigenvalue weighted by molar-refractivity contribution is 5.69. The van der Waals surface area contributed by atoms with Crippen LogP contribution >= 0.6 is 0 Å². The van der Waals surface area contributed by atoms with Gasteiger partial charge in [0.05, 0.1) is 18.7 Å². The maximum Gasteiger partial charge on any atom is 0.410 e. The molecule has 1 heterocycles. The van der Waals surface area contributed by atoms with Gasteiger partial charge in [-0.15, -0.1) is 0 Å². The molecule has 0 aromatic carbocycles. The molecule has 0 aromatic heterocycles. The zero-order valence-electron chi connectivity index (χ0n) is 12.9. The Morgan fingerprint density at radius 1 is 1.53 bits per heavy atom. The summed E-state index contributed by atoms with van der Waals surface area (Å²) in [6.45, 7) is 12.1. The average Bonchev–Trinajstić information content (AvgIpc) is 2.25. The van der Waals surface area contributed by atoms with Crippen molar-refractivity contribution in [1.29, 1.82) is 0 Å². The van der Waals surface area contributed by atoms with Gasteiger partial charge in [0.2, 0.25) is 0 Å². The third-order valence-electron chi connectivity index (χ3n) is 3.21. The number of carbonyl (C=O) groups excluding carboxylic acids is 1. The fourth-order valence-electron chi connectivity index (χ4n) is 2.45. The summed E-state index contributed by atoms with van der Waals surface area (Å²) >= 11 is 0. The van der Waals surface area contributed by atoms with E-state index in [9.17, 15) is 9.90 Å². The Morgan fingerprint density at radius 2 is 2.11 bits per heavy atom. The van der Waals surface area contributed by atoms with Gasteiger partial charge in [-0.25, -0.2) is 4.79 Å². The number of rotatable bonds is 2. The molecular weight excluding hydrogens is 242 g/mol. The van der Waals surface area contributed by atoms with Crippen molar-refractivity contribution in [3.05, 3.63) is 11.6 Å². The van der Waals surface area contributed by atoms with E-state index >= 15 is 0 Å². The molecule has 1 rings (SSSR count). The number of hydrogen-bond donors (Lipinski definition) is 1. The van der Waals surface area contributed by atoms with Crippen molar-refractivity contribution in [3.63, 3.8) is 0 Å². The highest BCUT2D eigenvalue weighted by Gasteiger charge is 2.34. The number of ether oxygens (including phenoxy) is 1. The van der Waals surface area contributed by atoms with Crippen molar-refractivity contribution >= 4 is 6.09 Å². The maximum atomic E-state index is 12.3. The van der Waals surface area contributed by atoms with Gasteiger partial charge in [-0.1, -0.05) is 26.8 Å². The van der Waals surface area contributed by atoms with E-state index < -0.39 is 11.7 Å². The molecule has 0 radical (unpaired) electrons. The Morgan fingerprint density at radius 3 is 2.53 bits per heavy atom. The Balaban J connectivity index is 2.94. The molecule has 0 spiro atoms. The van der Waals surface area contributed by atoms with Gasteiger partial charge in [-0.05, 0) is 38.7 Å². The minimum atomic E-state index is -0.604.